The molecular formula is C34H68NO8P. The number of unbranched alkanes of at least 4 members (excludes halogenated alkanes) is 18. The van der Waals surface area contributed by atoms with Gasteiger partial charge in [0.2, 0.25) is 0 Å². The van der Waals surface area contributed by atoms with Crippen LogP contribution in [0.3, 0.4) is 0 Å². The Morgan fingerprint density at radius 1 is 0.614 bits per heavy atom. The number of hydrogen-bond acceptors (Lipinski definition) is 8. The minimum absolute atomic E-state index is 0.0266. The molecule has 262 valence electrons. The predicted octanol–water partition coefficient (Wildman–Crippen LogP) is 8.27. The molecule has 1 unspecified atom stereocenters. The minimum Gasteiger partial charge on any atom is -0.756 e. The number of ether oxygens (including phenoxy) is 2. The van der Waals surface area contributed by atoms with Gasteiger partial charge in [-0.25, -0.2) is 0 Å². The van der Waals surface area contributed by atoms with Gasteiger partial charge in [0.05, 0.1) is 27.7 Å². The lowest BCUT2D eigenvalue weighted by Crippen LogP contribution is -2.37. The summed E-state index contributed by atoms with van der Waals surface area (Å²) in [5.41, 5.74) is 0. The molecule has 0 aliphatic heterocycles. The van der Waals surface area contributed by atoms with E-state index in [9.17, 15) is 19.0 Å². The van der Waals surface area contributed by atoms with Crippen molar-refractivity contribution in [2.24, 2.45) is 0 Å². The molecule has 9 nitrogen and oxygen atoms in total. The highest BCUT2D eigenvalue weighted by atomic mass is 31.2. The summed E-state index contributed by atoms with van der Waals surface area (Å²) in [6.45, 7) is 4.17. The number of phosphoric acid groups is 1. The van der Waals surface area contributed by atoms with Gasteiger partial charge in [-0.1, -0.05) is 129 Å². The Hall–Kier alpha value is -0.990. The lowest BCUT2D eigenvalue weighted by atomic mass is 10.0. The van der Waals surface area contributed by atoms with Crippen LogP contribution in [0.4, 0.5) is 0 Å². The highest BCUT2D eigenvalue weighted by Crippen LogP contribution is 2.38. The second-order valence-electron chi connectivity index (χ2n) is 13.2. The van der Waals surface area contributed by atoms with Crippen LogP contribution in [0.1, 0.15) is 155 Å². The van der Waals surface area contributed by atoms with Crippen LogP contribution in [0.25, 0.3) is 0 Å². The molecule has 0 bridgehead atoms. The lowest BCUT2D eigenvalue weighted by molar-refractivity contribution is -0.870. The quantitative estimate of drug-likeness (QED) is 0.0310. The average molecular weight is 650 g/mol. The second-order valence-corrected chi connectivity index (χ2v) is 14.7. The molecule has 0 aromatic carbocycles. The van der Waals surface area contributed by atoms with E-state index in [0.29, 0.717) is 17.4 Å². The monoisotopic (exact) mass is 649 g/mol. The number of rotatable bonds is 32. The Labute approximate surface area is 270 Å². The van der Waals surface area contributed by atoms with Gasteiger partial charge in [0.15, 0.2) is 6.10 Å². The standard InChI is InChI=1S/C34H68NO8P/c1-6-8-10-12-14-15-16-17-18-19-21-23-25-27-34(37)43-32(31-42-44(38,39)41-29-28-35(3,4)5)30-40-33(36)26-24-22-20-13-11-9-7-2/h32H,6-31H2,1-5H3/t32-/m1/s1. The van der Waals surface area contributed by atoms with E-state index in [4.69, 9.17) is 18.5 Å². The molecule has 0 aliphatic carbocycles. The van der Waals surface area contributed by atoms with Crippen LogP contribution in [-0.2, 0) is 32.7 Å². The smallest absolute Gasteiger partial charge is 0.306 e. The third-order valence-electron chi connectivity index (χ3n) is 7.63. The van der Waals surface area contributed by atoms with Gasteiger partial charge in [0.25, 0.3) is 7.82 Å². The predicted molar refractivity (Wildman–Crippen MR) is 176 cm³/mol. The molecular weight excluding hydrogens is 581 g/mol. The van der Waals surface area contributed by atoms with Crippen LogP contribution in [-0.4, -0.2) is 70.0 Å². The Bertz CT molecular complexity index is 743. The van der Waals surface area contributed by atoms with Crippen molar-refractivity contribution in [3.8, 4) is 0 Å². The molecule has 2 atom stereocenters. The summed E-state index contributed by atoms with van der Waals surface area (Å²) < 4.78 is 33.6. The highest BCUT2D eigenvalue weighted by molar-refractivity contribution is 7.45. The van der Waals surface area contributed by atoms with Crippen LogP contribution in [0.15, 0.2) is 0 Å². The summed E-state index contributed by atoms with van der Waals surface area (Å²) in [6.07, 6.45) is 22.9. The second kappa shape index (κ2) is 28.3. The number of hydrogen-bond donors (Lipinski definition) is 0. The normalized spacial score (nSPS) is 13.9. The molecule has 0 aromatic heterocycles. The van der Waals surface area contributed by atoms with Crippen molar-refractivity contribution in [2.45, 2.75) is 161 Å². The summed E-state index contributed by atoms with van der Waals surface area (Å²) in [5.74, 6) is -0.836. The molecule has 0 rings (SSSR count). The van der Waals surface area contributed by atoms with E-state index in [2.05, 4.69) is 13.8 Å². The van der Waals surface area contributed by atoms with Crippen LogP contribution in [0.5, 0.6) is 0 Å². The average Bonchev–Trinajstić information content (AvgIpc) is 2.95. The van der Waals surface area contributed by atoms with Crippen LogP contribution >= 0.6 is 7.82 Å². The maximum Gasteiger partial charge on any atom is 0.306 e. The number of carbonyl (C=O) groups is 2. The molecule has 0 aliphatic rings. The fourth-order valence-corrected chi connectivity index (χ4v) is 5.50. The van der Waals surface area contributed by atoms with Crippen molar-refractivity contribution in [3.05, 3.63) is 0 Å². The van der Waals surface area contributed by atoms with E-state index in [1.165, 1.54) is 89.9 Å². The van der Waals surface area contributed by atoms with Gasteiger partial charge in [0, 0.05) is 12.8 Å². The first-order chi connectivity index (χ1) is 21.0. The van der Waals surface area contributed by atoms with Gasteiger partial charge in [-0.2, -0.15) is 0 Å². The third-order valence-corrected chi connectivity index (χ3v) is 8.59. The van der Waals surface area contributed by atoms with E-state index in [-0.39, 0.29) is 32.0 Å². The Morgan fingerprint density at radius 3 is 1.45 bits per heavy atom. The zero-order valence-electron chi connectivity index (χ0n) is 29.1. The fraction of sp³-hybridized carbons (Fsp3) is 0.941. The van der Waals surface area contributed by atoms with Crippen molar-refractivity contribution in [2.75, 3.05) is 47.5 Å². The fourth-order valence-electron chi connectivity index (χ4n) is 4.77. The maximum atomic E-state index is 12.5. The van der Waals surface area contributed by atoms with E-state index in [1.54, 1.807) is 0 Å². The number of quaternary nitrogens is 1. The molecule has 0 spiro atoms. The number of likely N-dealkylation sites (N-methyl/N-ethyl adjacent to an activating group) is 1. The van der Waals surface area contributed by atoms with Gasteiger partial charge in [0.1, 0.15) is 19.8 Å². The first kappa shape index (κ1) is 43.0. The molecule has 0 amide bonds. The van der Waals surface area contributed by atoms with Gasteiger partial charge in [-0.05, 0) is 12.8 Å². The van der Waals surface area contributed by atoms with E-state index in [0.717, 1.165) is 32.1 Å². The number of carbonyl (C=O) groups excluding carboxylic acids is 2. The Balaban J connectivity index is 4.42. The molecule has 0 saturated heterocycles. The zero-order valence-corrected chi connectivity index (χ0v) is 30.0. The van der Waals surface area contributed by atoms with Gasteiger partial charge in [-0.15, -0.1) is 0 Å². The van der Waals surface area contributed by atoms with Crippen LogP contribution in [0, 0.1) is 0 Å². The van der Waals surface area contributed by atoms with Crippen molar-refractivity contribution in [3.63, 3.8) is 0 Å². The first-order valence-corrected chi connectivity index (χ1v) is 19.2. The van der Waals surface area contributed by atoms with Crippen molar-refractivity contribution < 1.29 is 42.1 Å². The molecule has 0 aromatic rings. The lowest BCUT2D eigenvalue weighted by Gasteiger charge is -2.28. The highest BCUT2D eigenvalue weighted by Gasteiger charge is 2.21. The number of esters is 2. The van der Waals surface area contributed by atoms with Crippen molar-refractivity contribution in [1.29, 1.82) is 0 Å². The third kappa shape index (κ3) is 31.0. The number of phosphoric ester groups is 1. The SMILES string of the molecule is CCCCCCCCCCCCCCCC(=O)O[C@H](COC(=O)CCCCCCCCC)COP(=O)([O-])OCC[N+](C)(C)C. The van der Waals surface area contributed by atoms with E-state index < -0.39 is 26.5 Å². The Morgan fingerprint density at radius 2 is 1.02 bits per heavy atom. The van der Waals surface area contributed by atoms with Gasteiger partial charge in [-0.3, -0.25) is 14.2 Å². The molecule has 0 N–H and O–H groups in total. The largest absolute Gasteiger partial charge is 0.756 e. The van der Waals surface area contributed by atoms with E-state index in [1.807, 2.05) is 21.1 Å². The zero-order chi connectivity index (χ0) is 32.9. The molecule has 44 heavy (non-hydrogen) atoms. The maximum absolute atomic E-state index is 12.5. The summed E-state index contributed by atoms with van der Waals surface area (Å²) >= 11 is 0. The molecule has 0 fully saturated rings. The van der Waals surface area contributed by atoms with Crippen LogP contribution in [0.2, 0.25) is 0 Å². The van der Waals surface area contributed by atoms with Crippen molar-refractivity contribution in [1.82, 2.24) is 0 Å². The minimum atomic E-state index is -4.60. The number of nitrogens with zero attached hydrogens (tertiary/aromatic N) is 1. The van der Waals surface area contributed by atoms with E-state index >= 15 is 0 Å². The summed E-state index contributed by atoms with van der Waals surface area (Å²) in [5, 5.41) is 0. The summed E-state index contributed by atoms with van der Waals surface area (Å²) in [4.78, 5) is 37.0. The summed E-state index contributed by atoms with van der Waals surface area (Å²) in [7, 11) is 1.17. The molecule has 10 heteroatoms. The van der Waals surface area contributed by atoms with Crippen LogP contribution < -0.4 is 4.89 Å². The summed E-state index contributed by atoms with van der Waals surface area (Å²) in [6, 6.07) is 0. The topological polar surface area (TPSA) is 111 Å². The van der Waals surface area contributed by atoms with Crippen molar-refractivity contribution >= 4 is 19.8 Å². The van der Waals surface area contributed by atoms with Gasteiger partial charge >= 0.3 is 11.9 Å². The Kier molecular flexibility index (Phi) is 27.6. The van der Waals surface area contributed by atoms with Gasteiger partial charge < -0.3 is 27.9 Å². The molecule has 0 radical (unpaired) electrons. The molecule has 0 saturated carbocycles. The molecule has 0 heterocycles. The first-order valence-electron chi connectivity index (χ1n) is 17.7.